The number of hydrazone groups is 1. The average Bonchev–Trinajstić information content (AvgIpc) is 2.81. The molecule has 176 valence electrons. The summed E-state index contributed by atoms with van der Waals surface area (Å²) in [6, 6.07) is 20.2. The molecular formula is C24H22FN3O4S2. The van der Waals surface area contributed by atoms with Gasteiger partial charge in [-0.1, -0.05) is 42.5 Å². The zero-order chi connectivity index (χ0) is 24.0. The third-order valence-corrected chi connectivity index (χ3v) is 7.90. The lowest BCUT2D eigenvalue weighted by Gasteiger charge is -2.25. The molecule has 7 nitrogen and oxygen atoms in total. The van der Waals surface area contributed by atoms with Crippen molar-refractivity contribution >= 4 is 39.6 Å². The van der Waals surface area contributed by atoms with E-state index >= 15 is 0 Å². The van der Waals surface area contributed by atoms with Gasteiger partial charge in [0.05, 0.1) is 16.8 Å². The second-order valence-corrected chi connectivity index (χ2v) is 10.4. The smallest absolute Gasteiger partial charge is 0.264 e. The van der Waals surface area contributed by atoms with Crippen molar-refractivity contribution in [1.82, 2.24) is 5.43 Å². The normalized spacial score (nSPS) is 13.9. The molecule has 0 radical (unpaired) electrons. The molecule has 1 amide bonds. The summed E-state index contributed by atoms with van der Waals surface area (Å²) in [5.41, 5.74) is 2.78. The van der Waals surface area contributed by atoms with Crippen LogP contribution in [0.15, 0.2) is 88.9 Å². The molecular weight excluding hydrogens is 477 g/mol. The maximum atomic E-state index is 14.5. The van der Waals surface area contributed by atoms with Crippen LogP contribution in [0.3, 0.4) is 0 Å². The average molecular weight is 500 g/mol. The first-order valence-electron chi connectivity index (χ1n) is 10.4. The zero-order valence-corrected chi connectivity index (χ0v) is 19.6. The molecule has 3 aromatic rings. The summed E-state index contributed by atoms with van der Waals surface area (Å²) >= 11 is 1.82. The van der Waals surface area contributed by atoms with E-state index in [4.69, 9.17) is 4.74 Å². The van der Waals surface area contributed by atoms with Crippen molar-refractivity contribution in [3.63, 3.8) is 0 Å². The van der Waals surface area contributed by atoms with Gasteiger partial charge in [-0.3, -0.25) is 9.10 Å². The van der Waals surface area contributed by atoms with Gasteiger partial charge in [0, 0.05) is 11.5 Å². The highest BCUT2D eigenvalue weighted by atomic mass is 32.2. The minimum atomic E-state index is -4.20. The van der Waals surface area contributed by atoms with Gasteiger partial charge in [0.2, 0.25) is 0 Å². The van der Waals surface area contributed by atoms with Crippen molar-refractivity contribution in [3.05, 3.63) is 90.2 Å². The van der Waals surface area contributed by atoms with Crippen LogP contribution in [0.25, 0.3) is 0 Å². The van der Waals surface area contributed by atoms with E-state index in [1.54, 1.807) is 30.3 Å². The Morgan fingerprint density at radius 1 is 1.09 bits per heavy atom. The first-order chi connectivity index (χ1) is 16.4. The van der Waals surface area contributed by atoms with Gasteiger partial charge >= 0.3 is 0 Å². The zero-order valence-electron chi connectivity index (χ0n) is 18.0. The number of nitrogens with one attached hydrogen (secondary N) is 1. The van der Waals surface area contributed by atoms with Crippen LogP contribution in [0, 0.1) is 5.82 Å². The fraction of sp³-hybridized carbons (Fsp3) is 0.167. The number of amides is 1. The number of thioether (sulfide) groups is 1. The predicted molar refractivity (Wildman–Crippen MR) is 131 cm³/mol. The van der Waals surface area contributed by atoms with Crippen LogP contribution in [0.1, 0.15) is 5.56 Å². The fourth-order valence-corrected chi connectivity index (χ4v) is 5.17. The van der Waals surface area contributed by atoms with Gasteiger partial charge in [-0.2, -0.15) is 16.9 Å². The molecule has 3 aromatic carbocycles. The Balaban J connectivity index is 1.48. The highest BCUT2D eigenvalue weighted by Crippen LogP contribution is 2.26. The first-order valence-corrected chi connectivity index (χ1v) is 13.0. The summed E-state index contributed by atoms with van der Waals surface area (Å²) in [7, 11) is -4.20. The van der Waals surface area contributed by atoms with Crippen molar-refractivity contribution in [2.24, 2.45) is 5.10 Å². The van der Waals surface area contributed by atoms with Crippen molar-refractivity contribution in [2.75, 3.05) is 22.4 Å². The summed E-state index contributed by atoms with van der Waals surface area (Å²) in [6.45, 7) is -0.655. The lowest BCUT2D eigenvalue weighted by atomic mass is 10.2. The molecule has 1 aliphatic heterocycles. The number of hydrogen-bond donors (Lipinski definition) is 1. The molecule has 1 heterocycles. The summed E-state index contributed by atoms with van der Waals surface area (Å²) in [4.78, 5) is 12.5. The van der Waals surface area contributed by atoms with E-state index in [1.807, 2.05) is 23.9 Å². The number of benzene rings is 3. The highest BCUT2D eigenvalue weighted by molar-refractivity contribution is 8.00. The first kappa shape index (κ1) is 23.8. The Kier molecular flexibility index (Phi) is 7.49. The molecule has 10 heteroatoms. The molecule has 1 aliphatic rings. The number of ether oxygens (including phenoxy) is 1. The number of halogens is 1. The van der Waals surface area contributed by atoms with E-state index in [0.717, 1.165) is 21.9 Å². The van der Waals surface area contributed by atoms with Crippen LogP contribution in [-0.2, 0) is 14.8 Å². The van der Waals surface area contributed by atoms with Crippen molar-refractivity contribution in [3.8, 4) is 5.75 Å². The van der Waals surface area contributed by atoms with E-state index in [-0.39, 0.29) is 16.7 Å². The molecule has 0 bridgehead atoms. The Morgan fingerprint density at radius 2 is 1.82 bits per heavy atom. The second kappa shape index (κ2) is 10.7. The van der Waals surface area contributed by atoms with Gasteiger partial charge in [0.1, 0.15) is 24.2 Å². The molecule has 4 rings (SSSR count). The highest BCUT2D eigenvalue weighted by Gasteiger charge is 2.29. The standard InChI is InChI=1S/C24H22FN3O4S2/c25-22-11-4-5-12-23(22)28(34(30,31)21-9-2-1-3-10-21)15-24(29)27-26-14-18-7-6-8-19(13-18)32-20-16-33-17-20/h1-14,20H,15-17H2,(H,27,29)/b26-14-. The predicted octanol–water partition coefficient (Wildman–Crippen LogP) is 3.67. The number of sulfonamides is 1. The lowest BCUT2D eigenvalue weighted by molar-refractivity contribution is -0.119. The molecule has 1 fully saturated rings. The number of carbonyl (C=O) groups is 1. The maximum absolute atomic E-state index is 14.5. The second-order valence-electron chi connectivity index (χ2n) is 7.42. The summed E-state index contributed by atoms with van der Waals surface area (Å²) in [5.74, 6) is 1.13. The van der Waals surface area contributed by atoms with Gasteiger partial charge in [0.25, 0.3) is 15.9 Å². The molecule has 34 heavy (non-hydrogen) atoms. The number of carbonyl (C=O) groups excluding carboxylic acids is 1. The van der Waals surface area contributed by atoms with Gasteiger partial charge in [-0.15, -0.1) is 0 Å². The van der Waals surface area contributed by atoms with Crippen LogP contribution in [0.4, 0.5) is 10.1 Å². The van der Waals surface area contributed by atoms with Gasteiger partial charge in [0.15, 0.2) is 0 Å². The maximum Gasteiger partial charge on any atom is 0.264 e. The number of para-hydroxylation sites is 1. The minimum absolute atomic E-state index is 0.0590. The molecule has 1 N–H and O–H groups in total. The number of rotatable bonds is 9. The largest absolute Gasteiger partial charge is 0.489 e. The monoisotopic (exact) mass is 499 g/mol. The van der Waals surface area contributed by atoms with Crippen LogP contribution < -0.4 is 14.5 Å². The van der Waals surface area contributed by atoms with Crippen LogP contribution in [0.5, 0.6) is 5.75 Å². The van der Waals surface area contributed by atoms with Gasteiger partial charge in [-0.25, -0.2) is 18.2 Å². The quantitative estimate of drug-likeness (QED) is 0.359. The third-order valence-electron chi connectivity index (χ3n) is 4.91. The molecule has 0 saturated carbocycles. The van der Waals surface area contributed by atoms with Crippen LogP contribution >= 0.6 is 11.8 Å². The van der Waals surface area contributed by atoms with Crippen molar-refractivity contribution in [2.45, 2.75) is 11.0 Å². The van der Waals surface area contributed by atoms with Crippen LogP contribution in [-0.4, -0.2) is 44.7 Å². The Labute approximate surface area is 201 Å². The fourth-order valence-electron chi connectivity index (χ4n) is 3.16. The number of hydrogen-bond acceptors (Lipinski definition) is 6. The molecule has 1 saturated heterocycles. The SMILES string of the molecule is O=C(CN(c1ccccc1F)S(=O)(=O)c1ccccc1)N/N=C\c1cccc(OC2CSC2)c1. The number of anilines is 1. The Morgan fingerprint density at radius 3 is 2.53 bits per heavy atom. The van der Waals surface area contributed by atoms with E-state index < -0.39 is 28.3 Å². The van der Waals surface area contributed by atoms with E-state index in [1.165, 1.54) is 36.5 Å². The van der Waals surface area contributed by atoms with E-state index in [0.29, 0.717) is 11.3 Å². The molecule has 0 atom stereocenters. The molecule has 0 aliphatic carbocycles. The molecule has 0 unspecified atom stereocenters. The third kappa shape index (κ3) is 5.75. The Hall–Kier alpha value is -3.37. The van der Waals surface area contributed by atoms with Crippen molar-refractivity contribution in [1.29, 1.82) is 0 Å². The van der Waals surface area contributed by atoms with Gasteiger partial charge in [-0.05, 0) is 42.0 Å². The molecule has 0 aromatic heterocycles. The number of nitrogens with zero attached hydrogens (tertiary/aromatic N) is 2. The van der Waals surface area contributed by atoms with E-state index in [2.05, 4.69) is 10.5 Å². The van der Waals surface area contributed by atoms with Crippen LogP contribution in [0.2, 0.25) is 0 Å². The lowest BCUT2D eigenvalue weighted by Crippen LogP contribution is -2.40. The Bertz CT molecular complexity index is 1280. The summed E-state index contributed by atoms with van der Waals surface area (Å²) in [5, 5.41) is 3.92. The minimum Gasteiger partial charge on any atom is -0.489 e. The van der Waals surface area contributed by atoms with Gasteiger partial charge < -0.3 is 4.74 Å². The summed E-state index contributed by atoms with van der Waals surface area (Å²) < 4.78 is 47.4. The van der Waals surface area contributed by atoms with E-state index in [9.17, 15) is 17.6 Å². The topological polar surface area (TPSA) is 88.1 Å². The molecule has 0 spiro atoms. The van der Waals surface area contributed by atoms with Crippen molar-refractivity contribution < 1.29 is 22.3 Å². The summed E-state index contributed by atoms with van der Waals surface area (Å²) in [6.07, 6.45) is 1.63.